The first-order valence-electron chi connectivity index (χ1n) is 10.7. The fraction of sp³-hybridized carbons (Fsp3) is 0.360. The van der Waals surface area contributed by atoms with Crippen molar-refractivity contribution in [3.63, 3.8) is 0 Å². The minimum atomic E-state index is -0.372. The fourth-order valence-corrected chi connectivity index (χ4v) is 4.86. The summed E-state index contributed by atoms with van der Waals surface area (Å²) in [5, 5.41) is 3.88. The van der Waals surface area contributed by atoms with Crippen molar-refractivity contribution in [2.45, 2.75) is 44.4 Å². The normalized spacial score (nSPS) is 20.6. The van der Waals surface area contributed by atoms with E-state index in [1.807, 2.05) is 31.2 Å². The summed E-state index contributed by atoms with van der Waals surface area (Å²) >= 11 is 12.2. The average molecular weight is 474 g/mol. The number of carbonyl (C=O) groups is 2. The van der Waals surface area contributed by atoms with Gasteiger partial charge in [0.1, 0.15) is 0 Å². The zero-order valence-corrected chi connectivity index (χ0v) is 19.6. The molecule has 1 amide bonds. The number of allylic oxidation sites excluding steroid dienone is 2. The van der Waals surface area contributed by atoms with Crippen molar-refractivity contribution in [3.05, 3.63) is 68.8 Å². The third kappa shape index (κ3) is 4.37. The van der Waals surface area contributed by atoms with Gasteiger partial charge < -0.3 is 14.8 Å². The van der Waals surface area contributed by atoms with E-state index in [9.17, 15) is 9.59 Å². The predicted molar refractivity (Wildman–Crippen MR) is 125 cm³/mol. The highest BCUT2D eigenvalue weighted by atomic mass is 35.5. The highest BCUT2D eigenvalue weighted by molar-refractivity contribution is 6.42. The van der Waals surface area contributed by atoms with Gasteiger partial charge in [-0.1, -0.05) is 48.3 Å². The number of Topliss-reactive ketones (excluding diaryl/α,β-unsaturated/α-hetero) is 1. The van der Waals surface area contributed by atoms with Crippen LogP contribution in [0.3, 0.4) is 0 Å². The molecule has 2 aromatic carbocycles. The van der Waals surface area contributed by atoms with Gasteiger partial charge in [0.25, 0.3) is 0 Å². The number of halogens is 2. The lowest BCUT2D eigenvalue weighted by Crippen LogP contribution is -2.38. The molecule has 1 heterocycles. The Labute approximate surface area is 197 Å². The molecule has 2 unspecified atom stereocenters. The van der Waals surface area contributed by atoms with Gasteiger partial charge in [0.2, 0.25) is 5.91 Å². The van der Waals surface area contributed by atoms with Crippen molar-refractivity contribution in [2.24, 2.45) is 0 Å². The zero-order chi connectivity index (χ0) is 22.8. The topological polar surface area (TPSA) is 64.6 Å². The third-order valence-electron chi connectivity index (χ3n) is 6.01. The van der Waals surface area contributed by atoms with Crippen LogP contribution in [0.1, 0.15) is 55.6 Å². The van der Waals surface area contributed by atoms with Gasteiger partial charge in [-0.2, -0.15) is 0 Å². The van der Waals surface area contributed by atoms with Crippen molar-refractivity contribution in [1.82, 2.24) is 5.32 Å². The molecule has 168 valence electrons. The smallest absolute Gasteiger partial charge is 0.225 e. The lowest BCUT2D eigenvalue weighted by atomic mass is 9.73. The van der Waals surface area contributed by atoms with Gasteiger partial charge in [-0.15, -0.1) is 0 Å². The van der Waals surface area contributed by atoms with Gasteiger partial charge in [0, 0.05) is 35.6 Å². The molecule has 2 aromatic rings. The van der Waals surface area contributed by atoms with Gasteiger partial charge in [0.05, 0.1) is 23.8 Å². The summed E-state index contributed by atoms with van der Waals surface area (Å²) in [6.45, 7) is 2.54. The molecule has 0 fully saturated rings. The highest BCUT2D eigenvalue weighted by Crippen LogP contribution is 2.47. The SMILES string of the molecule is CCCOc1c(OC)cccc1C1CC(=O)NC2=C1C(=O)CC(c1ccc(Cl)c(Cl)c1)C2. The molecule has 1 N–H and O–H groups in total. The molecule has 7 heteroatoms. The molecule has 1 aliphatic carbocycles. The fourth-order valence-electron chi connectivity index (χ4n) is 4.55. The van der Waals surface area contributed by atoms with Crippen LogP contribution in [0.25, 0.3) is 0 Å². The Morgan fingerprint density at radius 3 is 2.59 bits per heavy atom. The van der Waals surface area contributed by atoms with Crippen LogP contribution in [0.2, 0.25) is 10.0 Å². The van der Waals surface area contributed by atoms with Gasteiger partial charge in [-0.05, 0) is 42.5 Å². The van der Waals surface area contributed by atoms with Gasteiger partial charge in [0.15, 0.2) is 17.3 Å². The number of ether oxygens (including phenoxy) is 2. The number of amides is 1. The molecule has 0 saturated heterocycles. The van der Waals surface area contributed by atoms with Crippen LogP contribution in [-0.2, 0) is 9.59 Å². The Kier molecular flexibility index (Phi) is 6.77. The van der Waals surface area contributed by atoms with Gasteiger partial charge >= 0.3 is 0 Å². The van der Waals surface area contributed by atoms with E-state index in [-0.39, 0.29) is 29.9 Å². The van der Waals surface area contributed by atoms with E-state index >= 15 is 0 Å². The number of ketones is 1. The van der Waals surface area contributed by atoms with Crippen LogP contribution in [-0.4, -0.2) is 25.4 Å². The largest absolute Gasteiger partial charge is 0.493 e. The van der Waals surface area contributed by atoms with Gasteiger partial charge in [-0.25, -0.2) is 0 Å². The first-order chi connectivity index (χ1) is 15.4. The average Bonchev–Trinajstić information content (AvgIpc) is 2.78. The van der Waals surface area contributed by atoms with Crippen molar-refractivity contribution in [2.75, 3.05) is 13.7 Å². The molecule has 0 aromatic heterocycles. The Hall–Kier alpha value is -2.50. The molecule has 4 rings (SSSR count). The summed E-state index contributed by atoms with van der Waals surface area (Å²) in [5.74, 6) is 0.667. The summed E-state index contributed by atoms with van der Waals surface area (Å²) in [6, 6.07) is 11.0. The maximum absolute atomic E-state index is 13.4. The standard InChI is InChI=1S/C25H25Cl2NO4/c1-3-9-32-25-16(5-4-6-22(25)31-2)17-13-23(30)28-20-11-15(12-21(29)24(17)20)14-7-8-18(26)19(27)10-14/h4-8,10,15,17H,3,9,11-13H2,1-2H3,(H,28,30). The van der Waals surface area contributed by atoms with Crippen LogP contribution in [0.4, 0.5) is 0 Å². The van der Waals surface area contributed by atoms with Crippen molar-refractivity contribution < 1.29 is 19.1 Å². The Bertz CT molecular complexity index is 1100. The summed E-state index contributed by atoms with van der Waals surface area (Å²) in [5.41, 5.74) is 3.09. The molecular weight excluding hydrogens is 449 g/mol. The lowest BCUT2D eigenvalue weighted by Gasteiger charge is -2.35. The van der Waals surface area contributed by atoms with Crippen LogP contribution >= 0.6 is 23.2 Å². The molecular formula is C25H25Cl2NO4. The second-order valence-corrected chi connectivity index (χ2v) is 8.94. The number of methoxy groups -OCH3 is 1. The first-order valence-corrected chi connectivity index (χ1v) is 11.5. The Morgan fingerprint density at radius 1 is 1.06 bits per heavy atom. The summed E-state index contributed by atoms with van der Waals surface area (Å²) in [6.07, 6.45) is 1.92. The zero-order valence-electron chi connectivity index (χ0n) is 18.0. The summed E-state index contributed by atoms with van der Waals surface area (Å²) in [7, 11) is 1.59. The minimum absolute atomic E-state index is 0.0246. The van der Waals surface area contributed by atoms with E-state index in [0.717, 1.165) is 17.5 Å². The Balaban J connectivity index is 1.74. The molecule has 0 bridgehead atoms. The van der Waals surface area contributed by atoms with Crippen LogP contribution in [0.5, 0.6) is 11.5 Å². The van der Waals surface area contributed by atoms with Crippen LogP contribution in [0.15, 0.2) is 47.7 Å². The first kappa shape index (κ1) is 22.7. The molecule has 0 radical (unpaired) electrons. The maximum atomic E-state index is 13.4. The van der Waals surface area contributed by atoms with Crippen molar-refractivity contribution in [1.29, 1.82) is 0 Å². The van der Waals surface area contributed by atoms with E-state index < -0.39 is 0 Å². The summed E-state index contributed by atoms with van der Waals surface area (Å²) < 4.78 is 11.5. The number of rotatable bonds is 6. The molecule has 2 atom stereocenters. The van der Waals surface area contributed by atoms with E-state index in [4.69, 9.17) is 32.7 Å². The predicted octanol–water partition coefficient (Wildman–Crippen LogP) is 5.80. The highest BCUT2D eigenvalue weighted by Gasteiger charge is 2.39. The second kappa shape index (κ2) is 9.55. The van der Waals surface area contributed by atoms with Crippen molar-refractivity contribution >= 4 is 34.9 Å². The lowest BCUT2D eigenvalue weighted by molar-refractivity contribution is -0.122. The minimum Gasteiger partial charge on any atom is -0.493 e. The Morgan fingerprint density at radius 2 is 1.88 bits per heavy atom. The number of benzene rings is 2. The van der Waals surface area contributed by atoms with E-state index in [2.05, 4.69) is 5.32 Å². The molecule has 0 spiro atoms. The van der Waals surface area contributed by atoms with Crippen LogP contribution < -0.4 is 14.8 Å². The van der Waals surface area contributed by atoms with E-state index in [1.165, 1.54) is 0 Å². The van der Waals surface area contributed by atoms with E-state index in [1.54, 1.807) is 19.2 Å². The molecule has 1 aliphatic heterocycles. The molecule has 2 aliphatic rings. The number of para-hydroxylation sites is 1. The number of hydrogen-bond acceptors (Lipinski definition) is 4. The number of hydrogen-bond donors (Lipinski definition) is 1. The molecule has 32 heavy (non-hydrogen) atoms. The number of nitrogens with one attached hydrogen (secondary N) is 1. The van der Waals surface area contributed by atoms with E-state index in [0.29, 0.717) is 52.3 Å². The third-order valence-corrected chi connectivity index (χ3v) is 6.75. The summed E-state index contributed by atoms with van der Waals surface area (Å²) in [4.78, 5) is 26.1. The second-order valence-electron chi connectivity index (χ2n) is 8.13. The van der Waals surface area contributed by atoms with Gasteiger partial charge in [-0.3, -0.25) is 9.59 Å². The molecule has 0 saturated carbocycles. The van der Waals surface area contributed by atoms with Crippen LogP contribution in [0, 0.1) is 0 Å². The number of carbonyl (C=O) groups excluding carboxylic acids is 2. The quantitative estimate of drug-likeness (QED) is 0.575. The molecule has 5 nitrogen and oxygen atoms in total. The maximum Gasteiger partial charge on any atom is 0.225 e. The monoisotopic (exact) mass is 473 g/mol. The van der Waals surface area contributed by atoms with Crippen molar-refractivity contribution in [3.8, 4) is 11.5 Å².